The lowest BCUT2D eigenvalue weighted by molar-refractivity contribution is -0.137. The number of rotatable bonds is 10. The van der Waals surface area contributed by atoms with Gasteiger partial charge in [0.25, 0.3) is 0 Å². The van der Waals surface area contributed by atoms with Gasteiger partial charge < -0.3 is 14.6 Å². The first-order chi connectivity index (χ1) is 17.1. The SMILES string of the molecule is CCC=C[C@H](CC(=O)O)c1ccc(OCc2ccc(C(C)(C)C)c(-c3cc(OC)ccc3F)c2)cc1. The minimum atomic E-state index is -0.830. The Morgan fingerprint density at radius 2 is 1.69 bits per heavy atom. The van der Waals surface area contributed by atoms with Gasteiger partial charge in [-0.3, -0.25) is 4.79 Å². The Kier molecular flexibility index (Phi) is 8.92. The van der Waals surface area contributed by atoms with Crippen LogP contribution in [0, 0.1) is 5.82 Å². The third-order valence-corrected chi connectivity index (χ3v) is 6.07. The van der Waals surface area contributed by atoms with Gasteiger partial charge in [0, 0.05) is 11.5 Å². The molecule has 190 valence electrons. The summed E-state index contributed by atoms with van der Waals surface area (Å²) >= 11 is 0. The third-order valence-electron chi connectivity index (χ3n) is 6.07. The van der Waals surface area contributed by atoms with Gasteiger partial charge in [-0.15, -0.1) is 0 Å². The summed E-state index contributed by atoms with van der Waals surface area (Å²) in [4.78, 5) is 11.3. The number of allylic oxidation sites excluding steroid dienone is 2. The fourth-order valence-electron chi connectivity index (χ4n) is 4.16. The normalized spacial score (nSPS) is 12.5. The summed E-state index contributed by atoms with van der Waals surface area (Å²) in [6, 6.07) is 18.3. The minimum absolute atomic E-state index is 0.0421. The molecule has 0 saturated heterocycles. The van der Waals surface area contributed by atoms with Crippen LogP contribution in [0.25, 0.3) is 11.1 Å². The number of carboxylic acids is 1. The van der Waals surface area contributed by atoms with Crippen molar-refractivity contribution in [3.63, 3.8) is 0 Å². The summed E-state index contributed by atoms with van der Waals surface area (Å²) in [6.07, 6.45) is 4.83. The highest BCUT2D eigenvalue weighted by molar-refractivity contribution is 5.71. The van der Waals surface area contributed by atoms with Crippen LogP contribution in [0.15, 0.2) is 72.8 Å². The molecule has 3 aromatic carbocycles. The minimum Gasteiger partial charge on any atom is -0.497 e. The van der Waals surface area contributed by atoms with Crippen molar-refractivity contribution in [2.45, 2.75) is 58.5 Å². The van der Waals surface area contributed by atoms with E-state index in [1.165, 1.54) is 6.07 Å². The highest BCUT2D eigenvalue weighted by Crippen LogP contribution is 2.37. The number of hydrogen-bond donors (Lipinski definition) is 1. The van der Waals surface area contributed by atoms with Gasteiger partial charge >= 0.3 is 5.97 Å². The zero-order valence-corrected chi connectivity index (χ0v) is 21.7. The number of carbonyl (C=O) groups is 1. The molecular formula is C31H35FO4. The van der Waals surface area contributed by atoms with Crippen molar-refractivity contribution in [2.24, 2.45) is 0 Å². The van der Waals surface area contributed by atoms with E-state index < -0.39 is 5.97 Å². The van der Waals surface area contributed by atoms with Gasteiger partial charge in [-0.2, -0.15) is 0 Å². The largest absolute Gasteiger partial charge is 0.497 e. The second-order valence-electron chi connectivity index (χ2n) is 9.87. The molecule has 0 bridgehead atoms. The zero-order chi connectivity index (χ0) is 26.3. The molecule has 0 unspecified atom stereocenters. The molecule has 0 spiro atoms. The van der Waals surface area contributed by atoms with Gasteiger partial charge in [-0.1, -0.05) is 64.1 Å². The van der Waals surface area contributed by atoms with Gasteiger partial charge in [0.05, 0.1) is 13.5 Å². The molecule has 3 rings (SSSR count). The van der Waals surface area contributed by atoms with E-state index in [4.69, 9.17) is 9.47 Å². The standard InChI is InChI=1S/C31H35FO4/c1-6-7-8-23(18-30(33)34)22-10-12-24(13-11-22)36-20-21-9-15-28(31(2,3)4)26(17-21)27-19-25(35-5)14-16-29(27)32/h7-17,19,23H,6,18,20H2,1-5H3,(H,33,34)/t23-/m1/s1. The molecule has 1 atom stereocenters. The molecule has 0 aliphatic rings. The predicted octanol–water partition coefficient (Wildman–Crippen LogP) is 7.90. The molecule has 0 aliphatic heterocycles. The molecule has 0 aliphatic carbocycles. The number of halogens is 1. The average molecular weight is 491 g/mol. The van der Waals surface area contributed by atoms with Crippen LogP contribution in [0.3, 0.4) is 0 Å². The number of hydrogen-bond acceptors (Lipinski definition) is 3. The number of methoxy groups -OCH3 is 1. The van der Waals surface area contributed by atoms with Crippen molar-refractivity contribution in [2.75, 3.05) is 7.11 Å². The zero-order valence-electron chi connectivity index (χ0n) is 21.7. The monoisotopic (exact) mass is 490 g/mol. The van der Waals surface area contributed by atoms with E-state index in [0.717, 1.165) is 28.7 Å². The third kappa shape index (κ3) is 6.97. The van der Waals surface area contributed by atoms with E-state index >= 15 is 0 Å². The van der Waals surface area contributed by atoms with Crippen molar-refractivity contribution in [1.29, 1.82) is 0 Å². The van der Waals surface area contributed by atoms with Crippen LogP contribution in [0.2, 0.25) is 0 Å². The number of carboxylic acid groups (broad SMARTS) is 1. The van der Waals surface area contributed by atoms with Crippen LogP contribution < -0.4 is 9.47 Å². The molecule has 4 nitrogen and oxygen atoms in total. The van der Waals surface area contributed by atoms with Gasteiger partial charge in [0.15, 0.2) is 0 Å². The van der Waals surface area contributed by atoms with Crippen LogP contribution in [0.1, 0.15) is 63.1 Å². The smallest absolute Gasteiger partial charge is 0.304 e. The average Bonchev–Trinajstić information content (AvgIpc) is 2.85. The lowest BCUT2D eigenvalue weighted by Crippen LogP contribution is -2.13. The van der Waals surface area contributed by atoms with Crippen molar-refractivity contribution in [3.8, 4) is 22.6 Å². The van der Waals surface area contributed by atoms with Crippen molar-refractivity contribution < 1.29 is 23.8 Å². The maximum absolute atomic E-state index is 14.9. The number of aliphatic carboxylic acids is 1. The lowest BCUT2D eigenvalue weighted by atomic mass is 9.81. The Morgan fingerprint density at radius 3 is 2.31 bits per heavy atom. The summed E-state index contributed by atoms with van der Waals surface area (Å²) in [7, 11) is 1.57. The highest BCUT2D eigenvalue weighted by atomic mass is 19.1. The number of ether oxygens (including phenoxy) is 2. The number of benzene rings is 3. The highest BCUT2D eigenvalue weighted by Gasteiger charge is 2.21. The van der Waals surface area contributed by atoms with E-state index in [1.54, 1.807) is 19.2 Å². The van der Waals surface area contributed by atoms with E-state index in [2.05, 4.69) is 20.8 Å². The molecule has 0 aromatic heterocycles. The summed E-state index contributed by atoms with van der Waals surface area (Å²) in [5, 5.41) is 9.24. The van der Waals surface area contributed by atoms with E-state index in [9.17, 15) is 14.3 Å². The predicted molar refractivity (Wildman–Crippen MR) is 142 cm³/mol. The Labute approximate surface area is 213 Å². The van der Waals surface area contributed by atoms with Crippen molar-refractivity contribution in [1.82, 2.24) is 0 Å². The molecule has 5 heteroatoms. The van der Waals surface area contributed by atoms with Crippen molar-refractivity contribution >= 4 is 5.97 Å². The molecule has 3 aromatic rings. The van der Waals surface area contributed by atoms with E-state index in [1.807, 2.05) is 61.5 Å². The second kappa shape index (κ2) is 11.9. The second-order valence-corrected chi connectivity index (χ2v) is 9.87. The Hall–Kier alpha value is -3.60. The van der Waals surface area contributed by atoms with Crippen LogP contribution in [-0.4, -0.2) is 18.2 Å². The van der Waals surface area contributed by atoms with E-state index in [0.29, 0.717) is 23.7 Å². The van der Waals surface area contributed by atoms with Gasteiger partial charge in [0.2, 0.25) is 0 Å². The van der Waals surface area contributed by atoms with Crippen molar-refractivity contribution in [3.05, 3.63) is 95.3 Å². The Morgan fingerprint density at radius 1 is 1.00 bits per heavy atom. The maximum Gasteiger partial charge on any atom is 0.304 e. The summed E-state index contributed by atoms with van der Waals surface area (Å²) < 4.78 is 26.2. The van der Waals surface area contributed by atoms with Crippen LogP contribution >= 0.6 is 0 Å². The molecule has 0 fully saturated rings. The summed E-state index contributed by atoms with van der Waals surface area (Å²) in [5.74, 6) is -0.0305. The molecule has 0 heterocycles. The maximum atomic E-state index is 14.9. The topological polar surface area (TPSA) is 55.8 Å². The molecule has 1 N–H and O–H groups in total. The van der Waals surface area contributed by atoms with E-state index in [-0.39, 0.29) is 23.6 Å². The van der Waals surface area contributed by atoms with Crippen LogP contribution in [0.5, 0.6) is 11.5 Å². The summed E-state index contributed by atoms with van der Waals surface area (Å²) in [5.41, 5.74) is 4.01. The molecular weight excluding hydrogens is 455 g/mol. The first-order valence-electron chi connectivity index (χ1n) is 12.2. The van der Waals surface area contributed by atoms with Gasteiger partial charge in [-0.05, 0) is 70.5 Å². The van der Waals surface area contributed by atoms with Gasteiger partial charge in [-0.25, -0.2) is 4.39 Å². The molecule has 0 amide bonds. The van der Waals surface area contributed by atoms with Crippen LogP contribution in [0.4, 0.5) is 4.39 Å². The van der Waals surface area contributed by atoms with Gasteiger partial charge in [0.1, 0.15) is 23.9 Å². The summed E-state index contributed by atoms with van der Waals surface area (Å²) in [6.45, 7) is 8.66. The molecule has 36 heavy (non-hydrogen) atoms. The molecule has 0 saturated carbocycles. The first kappa shape index (κ1) is 27.0. The quantitative estimate of drug-likeness (QED) is 0.294. The molecule has 0 radical (unpaired) electrons. The van der Waals surface area contributed by atoms with Crippen LogP contribution in [-0.2, 0) is 16.8 Å². The first-order valence-corrected chi connectivity index (χ1v) is 12.2. The Bertz CT molecular complexity index is 1210. The Balaban J connectivity index is 1.84. The fraction of sp³-hybridized carbons (Fsp3) is 0.323. The lowest BCUT2D eigenvalue weighted by Gasteiger charge is -2.24. The fourth-order valence-corrected chi connectivity index (χ4v) is 4.16.